The molecule has 2 aliphatic rings. The molecule has 3 heterocycles. The van der Waals surface area contributed by atoms with Crippen molar-refractivity contribution in [2.75, 3.05) is 42.5 Å². The van der Waals surface area contributed by atoms with E-state index in [1.807, 2.05) is 12.1 Å². The summed E-state index contributed by atoms with van der Waals surface area (Å²) in [5.41, 5.74) is 1.50. The summed E-state index contributed by atoms with van der Waals surface area (Å²) < 4.78 is 41.1. The van der Waals surface area contributed by atoms with E-state index < -0.39 is 24.1 Å². The van der Waals surface area contributed by atoms with E-state index in [2.05, 4.69) is 26.7 Å². The van der Waals surface area contributed by atoms with Gasteiger partial charge in [0.1, 0.15) is 17.7 Å². The van der Waals surface area contributed by atoms with E-state index in [4.69, 9.17) is 10.4 Å². The topological polar surface area (TPSA) is 134 Å². The quantitative estimate of drug-likeness (QED) is 0.438. The van der Waals surface area contributed by atoms with Crippen molar-refractivity contribution in [2.45, 2.75) is 44.3 Å². The summed E-state index contributed by atoms with van der Waals surface area (Å²) in [7, 11) is 0. The number of carbonyl (C=O) groups excluding carboxylic acids is 1. The third-order valence-corrected chi connectivity index (χ3v) is 7.13. The molecule has 1 unspecified atom stereocenters. The number of nitrogens with one attached hydrogen (secondary N) is 2. The predicted octanol–water partition coefficient (Wildman–Crippen LogP) is 3.18. The number of aromatic nitrogens is 2. The SMILES string of the molecule is N#Cc1ccc(CCNC(=O)C2CCN2c2cc(N3CCC(CCNC(=O)O)CC3)nc(C(F)(F)F)n2)cc1. The number of halogens is 3. The molecule has 1 aromatic heterocycles. The second-order valence-electron chi connectivity index (χ2n) is 9.70. The van der Waals surface area contributed by atoms with Crippen molar-refractivity contribution in [3.8, 4) is 6.07 Å². The lowest BCUT2D eigenvalue weighted by Gasteiger charge is -2.41. The van der Waals surface area contributed by atoms with Crippen LogP contribution in [-0.2, 0) is 17.4 Å². The van der Waals surface area contributed by atoms with Gasteiger partial charge in [-0.25, -0.2) is 14.8 Å². The Morgan fingerprint density at radius 1 is 1.03 bits per heavy atom. The zero-order valence-electron chi connectivity index (χ0n) is 21.2. The molecule has 4 rings (SSSR count). The molecule has 2 aliphatic heterocycles. The molecule has 13 heteroatoms. The highest BCUT2D eigenvalue weighted by Crippen LogP contribution is 2.34. The van der Waals surface area contributed by atoms with E-state index in [0.29, 0.717) is 70.4 Å². The van der Waals surface area contributed by atoms with Crippen LogP contribution in [0.25, 0.3) is 0 Å². The molecule has 39 heavy (non-hydrogen) atoms. The number of nitriles is 1. The number of nitrogens with zero attached hydrogens (tertiary/aromatic N) is 5. The fraction of sp³-hybridized carbons (Fsp3) is 0.500. The van der Waals surface area contributed by atoms with Gasteiger partial charge in [0.2, 0.25) is 11.7 Å². The van der Waals surface area contributed by atoms with Crippen LogP contribution >= 0.6 is 0 Å². The lowest BCUT2D eigenvalue weighted by atomic mass is 9.93. The highest BCUT2D eigenvalue weighted by atomic mass is 19.4. The maximum atomic E-state index is 13.7. The molecular formula is C26H30F3N7O3. The van der Waals surface area contributed by atoms with Gasteiger partial charge in [-0.2, -0.15) is 18.4 Å². The first-order valence-corrected chi connectivity index (χ1v) is 12.9. The highest BCUT2D eigenvalue weighted by molar-refractivity contribution is 5.86. The van der Waals surface area contributed by atoms with Crippen molar-refractivity contribution in [1.82, 2.24) is 20.6 Å². The minimum Gasteiger partial charge on any atom is -0.465 e. The zero-order valence-corrected chi connectivity index (χ0v) is 21.2. The largest absolute Gasteiger partial charge is 0.465 e. The van der Waals surface area contributed by atoms with Crippen LogP contribution in [0, 0.1) is 17.2 Å². The normalized spacial score (nSPS) is 17.7. The number of piperidine rings is 1. The van der Waals surface area contributed by atoms with Gasteiger partial charge in [-0.05, 0) is 55.7 Å². The second kappa shape index (κ2) is 12.2. The van der Waals surface area contributed by atoms with Gasteiger partial charge < -0.3 is 25.5 Å². The molecule has 2 fully saturated rings. The molecule has 0 radical (unpaired) electrons. The standard InChI is InChI=1S/C26H30F3N7O3/c27-26(28,29)24-33-21(35-12-7-18(8-13-35)6-11-32-25(38)39)15-22(34-24)36-14-9-20(36)23(37)31-10-5-17-1-3-19(16-30)4-2-17/h1-4,15,18,20,32H,5-14H2,(H,31,37)(H,38,39). The minimum atomic E-state index is -4.74. The molecule has 2 saturated heterocycles. The number of anilines is 2. The number of hydrogen-bond donors (Lipinski definition) is 3. The number of hydrogen-bond acceptors (Lipinski definition) is 7. The summed E-state index contributed by atoms with van der Waals surface area (Å²) in [5, 5.41) is 22.8. The summed E-state index contributed by atoms with van der Waals surface area (Å²) in [4.78, 5) is 34.4. The van der Waals surface area contributed by atoms with Crippen molar-refractivity contribution < 1.29 is 27.9 Å². The van der Waals surface area contributed by atoms with Gasteiger partial charge in [-0.1, -0.05) is 12.1 Å². The fourth-order valence-corrected chi connectivity index (χ4v) is 4.82. The van der Waals surface area contributed by atoms with Crippen molar-refractivity contribution >= 4 is 23.6 Å². The molecule has 3 N–H and O–H groups in total. The van der Waals surface area contributed by atoms with Crippen LogP contribution in [0.1, 0.15) is 42.6 Å². The minimum absolute atomic E-state index is 0.0681. The molecule has 0 bridgehead atoms. The third kappa shape index (κ3) is 7.28. The number of rotatable bonds is 9. The first kappa shape index (κ1) is 27.9. The highest BCUT2D eigenvalue weighted by Gasteiger charge is 2.40. The summed E-state index contributed by atoms with van der Waals surface area (Å²) in [6.45, 7) is 2.08. The Bertz CT molecular complexity index is 1210. The van der Waals surface area contributed by atoms with Gasteiger partial charge in [0.25, 0.3) is 0 Å². The van der Waals surface area contributed by atoms with Crippen molar-refractivity contribution in [3.05, 3.63) is 47.3 Å². The second-order valence-corrected chi connectivity index (χ2v) is 9.70. The van der Waals surface area contributed by atoms with Crippen molar-refractivity contribution in [1.29, 1.82) is 5.26 Å². The van der Waals surface area contributed by atoms with Crippen LogP contribution in [0.15, 0.2) is 30.3 Å². The maximum absolute atomic E-state index is 13.7. The Morgan fingerprint density at radius 3 is 2.31 bits per heavy atom. The summed E-state index contributed by atoms with van der Waals surface area (Å²) in [5.74, 6) is -1.02. The zero-order chi connectivity index (χ0) is 28.0. The smallest absolute Gasteiger partial charge is 0.451 e. The molecule has 0 spiro atoms. The van der Waals surface area contributed by atoms with E-state index in [1.54, 1.807) is 21.9 Å². The van der Waals surface area contributed by atoms with Crippen LogP contribution in [0.3, 0.4) is 0 Å². The summed E-state index contributed by atoms with van der Waals surface area (Å²) >= 11 is 0. The molecule has 1 atom stereocenters. The van der Waals surface area contributed by atoms with Crippen LogP contribution in [0.4, 0.5) is 29.6 Å². The van der Waals surface area contributed by atoms with Gasteiger partial charge >= 0.3 is 12.3 Å². The average molecular weight is 546 g/mol. The van der Waals surface area contributed by atoms with E-state index in [9.17, 15) is 22.8 Å². The van der Waals surface area contributed by atoms with Crippen LogP contribution in [0.2, 0.25) is 0 Å². The number of carboxylic acid groups (broad SMARTS) is 1. The molecule has 0 aliphatic carbocycles. The molecule has 10 nitrogen and oxygen atoms in total. The maximum Gasteiger partial charge on any atom is 0.451 e. The Hall–Kier alpha value is -4.08. The van der Waals surface area contributed by atoms with Crippen molar-refractivity contribution in [3.63, 3.8) is 0 Å². The van der Waals surface area contributed by atoms with Crippen molar-refractivity contribution in [2.24, 2.45) is 5.92 Å². The Morgan fingerprint density at radius 2 is 1.72 bits per heavy atom. The lowest BCUT2D eigenvalue weighted by molar-refractivity contribution is -0.144. The van der Waals surface area contributed by atoms with Crippen LogP contribution in [0.5, 0.6) is 0 Å². The molecule has 208 valence electrons. The lowest BCUT2D eigenvalue weighted by Crippen LogP contribution is -2.57. The van der Waals surface area contributed by atoms with Gasteiger partial charge in [0.15, 0.2) is 0 Å². The van der Waals surface area contributed by atoms with Gasteiger partial charge in [-0.3, -0.25) is 4.79 Å². The first-order valence-electron chi connectivity index (χ1n) is 12.9. The summed E-state index contributed by atoms with van der Waals surface area (Å²) in [6, 6.07) is 9.98. The fourth-order valence-electron chi connectivity index (χ4n) is 4.82. The Kier molecular flexibility index (Phi) is 8.73. The third-order valence-electron chi connectivity index (χ3n) is 7.13. The molecule has 0 saturated carbocycles. The van der Waals surface area contributed by atoms with Gasteiger partial charge in [-0.15, -0.1) is 0 Å². The molecular weight excluding hydrogens is 515 g/mol. The van der Waals surface area contributed by atoms with Gasteiger partial charge in [0, 0.05) is 38.8 Å². The Labute approximate surface area is 223 Å². The molecule has 2 aromatic rings. The number of amides is 2. The average Bonchev–Trinajstić information content (AvgIpc) is 2.88. The number of alkyl halides is 3. The van der Waals surface area contributed by atoms with Crippen LogP contribution in [-0.4, -0.2) is 65.8 Å². The predicted molar refractivity (Wildman–Crippen MR) is 136 cm³/mol. The molecule has 1 aromatic carbocycles. The van der Waals surface area contributed by atoms with Crippen LogP contribution < -0.4 is 20.4 Å². The molecule has 2 amide bonds. The van der Waals surface area contributed by atoms with E-state index in [0.717, 1.165) is 5.56 Å². The number of carbonyl (C=O) groups is 2. The first-order chi connectivity index (χ1) is 18.6. The van der Waals surface area contributed by atoms with E-state index in [1.165, 1.54) is 6.07 Å². The summed E-state index contributed by atoms with van der Waals surface area (Å²) in [6.07, 6.45) is -2.69. The van der Waals surface area contributed by atoms with E-state index in [-0.39, 0.29) is 23.5 Å². The monoisotopic (exact) mass is 545 g/mol. The Balaban J connectivity index is 1.38. The van der Waals surface area contributed by atoms with Gasteiger partial charge in [0.05, 0.1) is 11.6 Å². The number of benzene rings is 1. The van der Waals surface area contributed by atoms with E-state index >= 15 is 0 Å².